The third-order valence-corrected chi connectivity index (χ3v) is 4.99. The molecule has 10 nitrogen and oxygen atoms in total. The van der Waals surface area contributed by atoms with Crippen molar-refractivity contribution >= 4 is 17.8 Å². The van der Waals surface area contributed by atoms with Crippen LogP contribution in [0.4, 0.5) is 0 Å². The molecule has 0 bridgehead atoms. The quantitative estimate of drug-likeness (QED) is 0.324. The first-order valence-electron chi connectivity index (χ1n) is 11.7. The van der Waals surface area contributed by atoms with Crippen molar-refractivity contribution in [1.82, 2.24) is 10.3 Å². The molecular weight excluding hydrogens is 468 g/mol. The highest BCUT2D eigenvalue weighted by Gasteiger charge is 2.30. The van der Waals surface area contributed by atoms with E-state index < -0.39 is 42.9 Å². The molecule has 0 aliphatic rings. The fourth-order valence-electron chi connectivity index (χ4n) is 3.29. The molecule has 0 radical (unpaired) electrons. The third-order valence-electron chi connectivity index (χ3n) is 4.99. The SMILES string of the molecule is CCOc1ccnc(C(=O)N[C@@H](C)C(=O)O[C@H](C(C)C)[C@H](C)Oc2ccccc2)c1OCOC(C)=O. The highest BCUT2D eigenvalue weighted by Crippen LogP contribution is 2.30. The first kappa shape index (κ1) is 28.4. The van der Waals surface area contributed by atoms with Gasteiger partial charge in [0.15, 0.2) is 17.2 Å². The molecule has 1 aromatic carbocycles. The molecule has 0 unspecified atom stereocenters. The summed E-state index contributed by atoms with van der Waals surface area (Å²) in [6, 6.07) is 9.76. The number of esters is 2. The summed E-state index contributed by atoms with van der Waals surface area (Å²) in [5.74, 6) is -1.02. The van der Waals surface area contributed by atoms with Gasteiger partial charge in [0, 0.05) is 19.2 Å². The van der Waals surface area contributed by atoms with Crippen LogP contribution in [0.3, 0.4) is 0 Å². The Bertz CT molecular complexity index is 1010. The van der Waals surface area contributed by atoms with E-state index in [0.717, 1.165) is 0 Å². The first-order chi connectivity index (χ1) is 17.1. The Morgan fingerprint density at radius 2 is 1.69 bits per heavy atom. The van der Waals surface area contributed by atoms with Gasteiger partial charge in [-0.05, 0) is 38.8 Å². The van der Waals surface area contributed by atoms with Gasteiger partial charge in [0.05, 0.1) is 6.61 Å². The van der Waals surface area contributed by atoms with Gasteiger partial charge in [-0.25, -0.2) is 9.78 Å². The number of pyridine rings is 1. The van der Waals surface area contributed by atoms with Crippen molar-refractivity contribution in [3.8, 4) is 17.2 Å². The maximum Gasteiger partial charge on any atom is 0.328 e. The van der Waals surface area contributed by atoms with Crippen LogP contribution in [0.2, 0.25) is 0 Å². The highest BCUT2D eigenvalue weighted by atomic mass is 16.7. The lowest BCUT2D eigenvalue weighted by Crippen LogP contribution is -2.45. The maximum atomic E-state index is 13.0. The topological polar surface area (TPSA) is 122 Å². The minimum Gasteiger partial charge on any atom is -0.490 e. The number of carbonyl (C=O) groups excluding carboxylic acids is 3. The molecule has 0 aliphatic carbocycles. The van der Waals surface area contributed by atoms with Crippen molar-refractivity contribution < 1.29 is 38.1 Å². The van der Waals surface area contributed by atoms with Crippen LogP contribution in [0.1, 0.15) is 52.0 Å². The maximum absolute atomic E-state index is 13.0. The number of nitrogens with one attached hydrogen (secondary N) is 1. The van der Waals surface area contributed by atoms with Gasteiger partial charge in [-0.1, -0.05) is 32.0 Å². The standard InChI is InChI=1S/C26H34N2O8/c1-7-32-21-13-14-27-22(24(21)34-15-33-19(6)29)25(30)28-17(4)26(31)36-23(16(2)3)18(5)35-20-11-9-8-10-12-20/h8-14,16-18,23H,7,15H2,1-6H3,(H,28,30)/t17-,18-,23+/m0/s1. The minimum absolute atomic E-state index is 0.0105. The van der Waals surface area contributed by atoms with Crippen LogP contribution in [0, 0.1) is 5.92 Å². The van der Waals surface area contributed by atoms with Crippen molar-refractivity contribution in [1.29, 1.82) is 0 Å². The number of nitrogens with zero attached hydrogens (tertiary/aromatic N) is 1. The van der Waals surface area contributed by atoms with Crippen molar-refractivity contribution in [2.24, 2.45) is 5.92 Å². The van der Waals surface area contributed by atoms with Crippen LogP contribution in [-0.2, 0) is 19.1 Å². The Kier molecular flexibility index (Phi) is 11.0. The molecule has 0 fully saturated rings. The number of rotatable bonds is 13. The van der Waals surface area contributed by atoms with Gasteiger partial charge in [-0.3, -0.25) is 9.59 Å². The number of benzene rings is 1. The van der Waals surface area contributed by atoms with Crippen molar-refractivity contribution in [3.05, 3.63) is 48.3 Å². The third kappa shape index (κ3) is 8.44. The monoisotopic (exact) mass is 502 g/mol. The zero-order valence-corrected chi connectivity index (χ0v) is 21.5. The molecule has 1 N–H and O–H groups in total. The number of ether oxygens (including phenoxy) is 5. The molecule has 196 valence electrons. The van der Waals surface area contributed by atoms with E-state index in [9.17, 15) is 14.4 Å². The Labute approximate surface area is 211 Å². The van der Waals surface area contributed by atoms with E-state index in [-0.39, 0.29) is 23.1 Å². The van der Waals surface area contributed by atoms with E-state index in [2.05, 4.69) is 10.3 Å². The smallest absolute Gasteiger partial charge is 0.328 e. The molecule has 1 amide bonds. The van der Waals surface area contributed by atoms with E-state index in [1.165, 1.54) is 26.1 Å². The van der Waals surface area contributed by atoms with Crippen molar-refractivity contribution in [3.63, 3.8) is 0 Å². The summed E-state index contributed by atoms with van der Waals surface area (Å²) in [6.45, 7) is 10.0. The van der Waals surface area contributed by atoms with Gasteiger partial charge in [-0.2, -0.15) is 0 Å². The lowest BCUT2D eigenvalue weighted by molar-refractivity contribution is -0.158. The molecule has 0 saturated carbocycles. The predicted octanol–water partition coefficient (Wildman–Crippen LogP) is 3.53. The van der Waals surface area contributed by atoms with Gasteiger partial charge in [0.2, 0.25) is 6.79 Å². The molecule has 2 rings (SSSR count). The van der Waals surface area contributed by atoms with Gasteiger partial charge >= 0.3 is 11.9 Å². The fraction of sp³-hybridized carbons (Fsp3) is 0.462. The summed E-state index contributed by atoms with van der Waals surface area (Å²) in [4.78, 5) is 41.0. The van der Waals surface area contributed by atoms with Gasteiger partial charge in [0.25, 0.3) is 5.91 Å². The number of hydrogen-bond acceptors (Lipinski definition) is 9. The van der Waals surface area contributed by atoms with Crippen molar-refractivity contribution in [2.75, 3.05) is 13.4 Å². The molecule has 36 heavy (non-hydrogen) atoms. The van der Waals surface area contributed by atoms with E-state index in [1.54, 1.807) is 6.92 Å². The van der Waals surface area contributed by atoms with Crippen LogP contribution in [0.15, 0.2) is 42.6 Å². The molecule has 10 heteroatoms. The second-order valence-electron chi connectivity index (χ2n) is 8.29. The average molecular weight is 503 g/mol. The Morgan fingerprint density at radius 3 is 2.31 bits per heavy atom. The molecule has 0 aliphatic heterocycles. The Morgan fingerprint density at radius 1 is 1.00 bits per heavy atom. The number of carbonyl (C=O) groups is 3. The molecular formula is C26H34N2O8. The summed E-state index contributed by atoms with van der Waals surface area (Å²) in [5.41, 5.74) is -0.131. The zero-order chi connectivity index (χ0) is 26.7. The van der Waals surface area contributed by atoms with E-state index >= 15 is 0 Å². The minimum atomic E-state index is -0.999. The average Bonchev–Trinajstić information content (AvgIpc) is 2.83. The summed E-state index contributed by atoms with van der Waals surface area (Å²) >= 11 is 0. The number of hydrogen-bond donors (Lipinski definition) is 1. The lowest BCUT2D eigenvalue weighted by Gasteiger charge is -2.29. The largest absolute Gasteiger partial charge is 0.490 e. The summed E-state index contributed by atoms with van der Waals surface area (Å²) in [6.07, 6.45) is 0.392. The summed E-state index contributed by atoms with van der Waals surface area (Å²) in [7, 11) is 0. The fourth-order valence-corrected chi connectivity index (χ4v) is 3.29. The first-order valence-corrected chi connectivity index (χ1v) is 11.7. The van der Waals surface area contributed by atoms with Crippen LogP contribution < -0.4 is 19.5 Å². The van der Waals surface area contributed by atoms with E-state index in [1.807, 2.05) is 51.1 Å². The number of para-hydroxylation sites is 1. The van der Waals surface area contributed by atoms with Crippen LogP contribution in [-0.4, -0.2) is 54.5 Å². The molecule has 1 aromatic heterocycles. The van der Waals surface area contributed by atoms with Gasteiger partial charge in [-0.15, -0.1) is 0 Å². The van der Waals surface area contributed by atoms with Crippen molar-refractivity contribution in [2.45, 2.75) is 59.8 Å². The Hall–Kier alpha value is -3.82. The second kappa shape index (κ2) is 13.9. The van der Waals surface area contributed by atoms with Gasteiger partial charge in [0.1, 0.15) is 24.0 Å². The molecule has 0 saturated heterocycles. The second-order valence-corrected chi connectivity index (χ2v) is 8.29. The zero-order valence-electron chi connectivity index (χ0n) is 21.5. The molecule has 3 atom stereocenters. The van der Waals surface area contributed by atoms with E-state index in [4.69, 9.17) is 23.7 Å². The number of amides is 1. The van der Waals surface area contributed by atoms with Crippen LogP contribution >= 0.6 is 0 Å². The van der Waals surface area contributed by atoms with Crippen LogP contribution in [0.25, 0.3) is 0 Å². The predicted molar refractivity (Wildman–Crippen MR) is 131 cm³/mol. The Balaban J connectivity index is 2.10. The van der Waals surface area contributed by atoms with Crippen LogP contribution in [0.5, 0.6) is 17.2 Å². The van der Waals surface area contributed by atoms with Gasteiger partial charge < -0.3 is 29.0 Å². The highest BCUT2D eigenvalue weighted by molar-refractivity contribution is 5.98. The number of aromatic nitrogens is 1. The molecule has 1 heterocycles. The van der Waals surface area contributed by atoms with E-state index in [0.29, 0.717) is 12.4 Å². The molecule has 0 spiro atoms. The lowest BCUT2D eigenvalue weighted by atomic mass is 10.0. The normalized spacial score (nSPS) is 13.2. The summed E-state index contributed by atoms with van der Waals surface area (Å²) < 4.78 is 27.4. The summed E-state index contributed by atoms with van der Waals surface area (Å²) in [5, 5.41) is 2.58. The molecule has 2 aromatic rings.